The van der Waals surface area contributed by atoms with Crippen LogP contribution in [-0.2, 0) is 17.8 Å². The van der Waals surface area contributed by atoms with E-state index in [1.165, 1.54) is 18.4 Å². The predicted molar refractivity (Wildman–Crippen MR) is 126 cm³/mol. The highest BCUT2D eigenvalue weighted by Gasteiger charge is 2.20. The molecule has 3 aromatic rings. The second-order valence-corrected chi connectivity index (χ2v) is 8.17. The van der Waals surface area contributed by atoms with E-state index < -0.39 is 0 Å². The number of carbonyl (C=O) groups excluding carboxylic acids is 1. The number of benzene rings is 2. The van der Waals surface area contributed by atoms with Crippen LogP contribution in [0.2, 0.25) is 0 Å². The normalized spacial score (nSPS) is 13.6. The van der Waals surface area contributed by atoms with Crippen LogP contribution in [0.5, 0.6) is 0 Å². The van der Waals surface area contributed by atoms with E-state index >= 15 is 0 Å². The Morgan fingerprint density at radius 1 is 1.06 bits per heavy atom. The third kappa shape index (κ3) is 4.95. The van der Waals surface area contributed by atoms with Crippen LogP contribution < -0.4 is 15.8 Å². The fraction of sp³-hybridized carbons (Fsp3) is 0.400. The largest absolute Gasteiger partial charge is 0.352 e. The van der Waals surface area contributed by atoms with Gasteiger partial charge in [0.05, 0.1) is 11.0 Å². The van der Waals surface area contributed by atoms with E-state index in [-0.39, 0.29) is 17.9 Å². The fourth-order valence-corrected chi connectivity index (χ4v) is 4.11. The number of unbranched alkanes of at least 4 members (excludes halogenated alkanes) is 1. The zero-order valence-corrected chi connectivity index (χ0v) is 18.1. The summed E-state index contributed by atoms with van der Waals surface area (Å²) in [6.07, 6.45) is 5.77. The molecule has 4 rings (SSSR count). The number of nitrogens with one attached hydrogen (secondary N) is 1. The first kappa shape index (κ1) is 21.1. The minimum Gasteiger partial charge on any atom is -0.352 e. The van der Waals surface area contributed by atoms with Crippen molar-refractivity contribution in [2.45, 2.75) is 52.0 Å². The number of amides is 1. The third-order valence-corrected chi connectivity index (χ3v) is 5.86. The third-order valence-electron chi connectivity index (χ3n) is 5.86. The summed E-state index contributed by atoms with van der Waals surface area (Å²) in [5.41, 5.74) is 3.50. The van der Waals surface area contributed by atoms with Crippen LogP contribution >= 0.6 is 0 Å². The van der Waals surface area contributed by atoms with Gasteiger partial charge in [0, 0.05) is 31.7 Å². The van der Waals surface area contributed by atoms with Crippen LogP contribution in [0.25, 0.3) is 11.0 Å². The van der Waals surface area contributed by atoms with Crippen molar-refractivity contribution in [1.82, 2.24) is 9.55 Å². The number of aryl methyl sites for hydroxylation is 2. The summed E-state index contributed by atoms with van der Waals surface area (Å²) in [6.45, 7) is 4.22. The van der Waals surface area contributed by atoms with Gasteiger partial charge in [0.25, 0.3) is 5.56 Å². The van der Waals surface area contributed by atoms with E-state index in [2.05, 4.69) is 34.3 Å². The molecular formula is C25H30N4O2. The number of para-hydroxylation sites is 2. The number of hydrogen-bond donors (Lipinski definition) is 1. The summed E-state index contributed by atoms with van der Waals surface area (Å²) in [6, 6.07) is 15.7. The molecule has 1 saturated heterocycles. The van der Waals surface area contributed by atoms with Crippen LogP contribution in [0, 0.1) is 0 Å². The Labute approximate surface area is 182 Å². The van der Waals surface area contributed by atoms with Crippen molar-refractivity contribution in [2.75, 3.05) is 23.3 Å². The molecule has 6 nitrogen and oxygen atoms in total. The first-order valence-electron chi connectivity index (χ1n) is 11.3. The van der Waals surface area contributed by atoms with Gasteiger partial charge in [-0.05, 0) is 55.5 Å². The maximum absolute atomic E-state index is 13.2. The first-order chi connectivity index (χ1) is 15.2. The molecule has 0 saturated carbocycles. The molecule has 1 aromatic heterocycles. The monoisotopic (exact) mass is 418 g/mol. The molecule has 0 aliphatic carbocycles. The molecule has 1 aliphatic rings. The zero-order valence-electron chi connectivity index (χ0n) is 18.1. The Morgan fingerprint density at radius 2 is 1.81 bits per heavy atom. The van der Waals surface area contributed by atoms with Crippen LogP contribution in [-0.4, -0.2) is 28.5 Å². The lowest BCUT2D eigenvalue weighted by atomic mass is 10.1. The average Bonchev–Trinajstić information content (AvgIpc) is 3.32. The van der Waals surface area contributed by atoms with E-state index in [9.17, 15) is 9.59 Å². The summed E-state index contributed by atoms with van der Waals surface area (Å²) in [4.78, 5) is 32.5. The summed E-state index contributed by atoms with van der Waals surface area (Å²) >= 11 is 0. The lowest BCUT2D eigenvalue weighted by molar-refractivity contribution is -0.116. The van der Waals surface area contributed by atoms with Crippen LogP contribution in [0.4, 0.5) is 11.5 Å². The maximum Gasteiger partial charge on any atom is 0.294 e. The standard InChI is InChI=1S/C25H30N4O2/c1-2-3-8-19-11-13-20(14-12-19)26-23(30)15-18-29-22-10-5-4-9-21(22)27-24(25(29)31)28-16-6-7-17-28/h4-5,9-14H,2-3,6-8,15-18H2,1H3,(H,26,30). The fourth-order valence-electron chi connectivity index (χ4n) is 4.11. The van der Waals surface area contributed by atoms with E-state index in [0.29, 0.717) is 12.4 Å². The Morgan fingerprint density at radius 3 is 2.55 bits per heavy atom. The number of aromatic nitrogens is 2. The molecule has 2 aromatic carbocycles. The van der Waals surface area contributed by atoms with Crippen molar-refractivity contribution in [2.24, 2.45) is 0 Å². The SMILES string of the molecule is CCCCc1ccc(NC(=O)CCn2c(=O)c(N3CCCC3)nc3ccccc32)cc1. The molecule has 1 amide bonds. The second-order valence-electron chi connectivity index (χ2n) is 8.17. The average molecular weight is 419 g/mol. The van der Waals surface area contributed by atoms with Crippen LogP contribution in [0.15, 0.2) is 53.3 Å². The summed E-state index contributed by atoms with van der Waals surface area (Å²) in [5, 5.41) is 2.95. The first-order valence-corrected chi connectivity index (χ1v) is 11.3. The summed E-state index contributed by atoms with van der Waals surface area (Å²) in [5.74, 6) is 0.399. The van der Waals surface area contributed by atoms with Gasteiger partial charge in [0.15, 0.2) is 5.82 Å². The topological polar surface area (TPSA) is 67.2 Å². The Hall–Kier alpha value is -3.15. The Kier molecular flexibility index (Phi) is 6.65. The van der Waals surface area contributed by atoms with E-state index in [0.717, 1.165) is 49.1 Å². The van der Waals surface area contributed by atoms with Gasteiger partial charge in [0.2, 0.25) is 5.91 Å². The lowest BCUT2D eigenvalue weighted by Gasteiger charge is -2.19. The maximum atomic E-state index is 13.2. The lowest BCUT2D eigenvalue weighted by Crippen LogP contribution is -2.32. The van der Waals surface area contributed by atoms with Gasteiger partial charge in [0.1, 0.15) is 0 Å². The van der Waals surface area contributed by atoms with E-state index in [4.69, 9.17) is 0 Å². The Bertz CT molecular complexity index is 1100. The van der Waals surface area contributed by atoms with Gasteiger partial charge >= 0.3 is 0 Å². The van der Waals surface area contributed by atoms with Crippen molar-refractivity contribution < 1.29 is 4.79 Å². The van der Waals surface area contributed by atoms with Crippen molar-refractivity contribution in [3.63, 3.8) is 0 Å². The van der Waals surface area contributed by atoms with Crippen LogP contribution in [0.3, 0.4) is 0 Å². The number of carbonyl (C=O) groups is 1. The van der Waals surface area contributed by atoms with Gasteiger partial charge in [-0.25, -0.2) is 4.98 Å². The molecule has 1 N–H and O–H groups in total. The summed E-state index contributed by atoms with van der Waals surface area (Å²) in [7, 11) is 0. The molecule has 162 valence electrons. The molecular weight excluding hydrogens is 388 g/mol. The summed E-state index contributed by atoms with van der Waals surface area (Å²) < 4.78 is 1.70. The van der Waals surface area contributed by atoms with Gasteiger partial charge < -0.3 is 14.8 Å². The molecule has 2 heterocycles. The molecule has 6 heteroatoms. The highest BCUT2D eigenvalue weighted by Crippen LogP contribution is 2.19. The smallest absolute Gasteiger partial charge is 0.294 e. The van der Waals surface area contributed by atoms with Gasteiger partial charge in [-0.1, -0.05) is 37.6 Å². The molecule has 0 unspecified atom stereocenters. The Balaban J connectivity index is 1.48. The highest BCUT2D eigenvalue weighted by atomic mass is 16.2. The van der Waals surface area contributed by atoms with Gasteiger partial charge in [-0.3, -0.25) is 9.59 Å². The van der Waals surface area contributed by atoms with Crippen molar-refractivity contribution in [1.29, 1.82) is 0 Å². The van der Waals surface area contributed by atoms with Crippen LogP contribution in [0.1, 0.15) is 44.6 Å². The van der Waals surface area contributed by atoms with Crippen molar-refractivity contribution in [3.05, 3.63) is 64.4 Å². The molecule has 0 radical (unpaired) electrons. The predicted octanol–water partition coefficient (Wildman–Crippen LogP) is 4.37. The molecule has 0 atom stereocenters. The number of fused-ring (bicyclic) bond motifs is 1. The van der Waals surface area contributed by atoms with Gasteiger partial charge in [-0.15, -0.1) is 0 Å². The molecule has 1 aliphatic heterocycles. The zero-order chi connectivity index (χ0) is 21.6. The number of anilines is 2. The molecule has 0 bridgehead atoms. The van der Waals surface area contributed by atoms with Crippen molar-refractivity contribution in [3.8, 4) is 0 Å². The molecule has 0 spiro atoms. The quantitative estimate of drug-likeness (QED) is 0.590. The second kappa shape index (κ2) is 9.77. The number of nitrogens with zero attached hydrogens (tertiary/aromatic N) is 3. The number of hydrogen-bond acceptors (Lipinski definition) is 4. The van der Waals surface area contributed by atoms with Gasteiger partial charge in [-0.2, -0.15) is 0 Å². The minimum atomic E-state index is -0.117. The molecule has 1 fully saturated rings. The van der Waals surface area contributed by atoms with Crippen molar-refractivity contribution >= 4 is 28.4 Å². The van der Waals surface area contributed by atoms with E-state index in [1.54, 1.807) is 4.57 Å². The number of rotatable bonds is 8. The van der Waals surface area contributed by atoms with E-state index in [1.807, 2.05) is 36.4 Å². The minimum absolute atomic E-state index is 0.100. The molecule has 31 heavy (non-hydrogen) atoms. The highest BCUT2D eigenvalue weighted by molar-refractivity contribution is 5.90.